The van der Waals surface area contributed by atoms with Crippen molar-refractivity contribution in [2.24, 2.45) is 0 Å². The maximum absolute atomic E-state index is 13.4. The lowest BCUT2D eigenvalue weighted by atomic mass is 10.1. The van der Waals surface area contributed by atoms with Crippen LogP contribution in [-0.4, -0.2) is 22.4 Å². The van der Waals surface area contributed by atoms with E-state index >= 15 is 0 Å². The van der Waals surface area contributed by atoms with Gasteiger partial charge in [-0.1, -0.05) is 61.5 Å². The summed E-state index contributed by atoms with van der Waals surface area (Å²) in [6.07, 6.45) is 4.37. The summed E-state index contributed by atoms with van der Waals surface area (Å²) in [4.78, 5) is 39.6. The molecule has 174 valence electrons. The Balaban J connectivity index is 1.56. The number of fused-ring (bicyclic) bond motifs is 1. The fraction of sp³-hybridized carbons (Fsp3) is 0.138. The Morgan fingerprint density at radius 1 is 0.886 bits per heavy atom. The Morgan fingerprint density at radius 3 is 2.34 bits per heavy atom. The van der Waals surface area contributed by atoms with Gasteiger partial charge in [0.25, 0.3) is 11.8 Å². The molecule has 1 aliphatic heterocycles. The van der Waals surface area contributed by atoms with Crippen LogP contribution in [0.5, 0.6) is 0 Å². The maximum Gasteiger partial charge on any atom is 0.335 e. The third kappa shape index (κ3) is 4.15. The van der Waals surface area contributed by atoms with Crippen LogP contribution in [0, 0.1) is 6.92 Å². The molecule has 1 aromatic heterocycles. The molecule has 0 atom stereocenters. The smallest absolute Gasteiger partial charge is 0.335 e. The minimum atomic E-state index is -0.747. The lowest BCUT2D eigenvalue weighted by Crippen LogP contribution is -2.54. The van der Waals surface area contributed by atoms with Crippen LogP contribution in [0.3, 0.4) is 0 Å². The van der Waals surface area contributed by atoms with Gasteiger partial charge in [-0.15, -0.1) is 0 Å². The van der Waals surface area contributed by atoms with Crippen LogP contribution in [0.15, 0.2) is 84.6 Å². The summed E-state index contributed by atoms with van der Waals surface area (Å²) in [6.45, 7) is 4.77. The number of nitrogens with zero attached hydrogens (tertiary/aromatic N) is 2. The minimum absolute atomic E-state index is 0.0806. The number of imide groups is 2. The molecule has 0 spiro atoms. The van der Waals surface area contributed by atoms with Crippen LogP contribution in [0.25, 0.3) is 17.0 Å². The van der Waals surface area contributed by atoms with Crippen molar-refractivity contribution in [1.29, 1.82) is 0 Å². The van der Waals surface area contributed by atoms with E-state index in [4.69, 9.17) is 0 Å². The number of hydrogen-bond donors (Lipinski definition) is 1. The third-order valence-electron chi connectivity index (χ3n) is 6.43. The third-order valence-corrected chi connectivity index (χ3v) is 6.43. The van der Waals surface area contributed by atoms with Crippen LogP contribution in [0.1, 0.15) is 29.2 Å². The predicted octanol–water partition coefficient (Wildman–Crippen LogP) is 5.23. The number of rotatable bonds is 5. The number of hydrogen-bond acceptors (Lipinski definition) is 3. The summed E-state index contributed by atoms with van der Waals surface area (Å²) in [5.41, 5.74) is 5.54. The van der Waals surface area contributed by atoms with E-state index in [1.165, 1.54) is 11.1 Å². The normalized spacial score (nSPS) is 15.2. The molecule has 5 rings (SSSR count). The van der Waals surface area contributed by atoms with Crippen LogP contribution in [0.2, 0.25) is 0 Å². The van der Waals surface area contributed by atoms with Gasteiger partial charge in [0.2, 0.25) is 0 Å². The average molecular weight is 464 g/mol. The quantitative estimate of drug-likeness (QED) is 0.326. The summed E-state index contributed by atoms with van der Waals surface area (Å²) in [7, 11) is 0. The number of para-hydroxylation sites is 1. The lowest BCUT2D eigenvalue weighted by Gasteiger charge is -2.26. The van der Waals surface area contributed by atoms with Crippen molar-refractivity contribution in [2.45, 2.75) is 26.8 Å². The van der Waals surface area contributed by atoms with E-state index < -0.39 is 17.8 Å². The zero-order chi connectivity index (χ0) is 24.5. The zero-order valence-corrected chi connectivity index (χ0v) is 19.6. The second-order valence-electron chi connectivity index (χ2n) is 8.63. The molecule has 0 bridgehead atoms. The molecule has 0 aliphatic carbocycles. The molecular formula is C29H25N3O3. The fourth-order valence-electron chi connectivity index (χ4n) is 4.42. The molecule has 0 unspecified atom stereocenters. The predicted molar refractivity (Wildman–Crippen MR) is 137 cm³/mol. The highest BCUT2D eigenvalue weighted by Gasteiger charge is 2.37. The highest BCUT2D eigenvalue weighted by atomic mass is 16.2. The molecule has 0 saturated carbocycles. The van der Waals surface area contributed by atoms with Crippen molar-refractivity contribution in [3.05, 3.63) is 107 Å². The van der Waals surface area contributed by atoms with Crippen molar-refractivity contribution < 1.29 is 14.4 Å². The van der Waals surface area contributed by atoms with Gasteiger partial charge in [-0.3, -0.25) is 14.9 Å². The number of aryl methyl sites for hydroxylation is 2. The molecule has 4 aromatic rings. The van der Waals surface area contributed by atoms with Crippen LogP contribution in [0.4, 0.5) is 10.5 Å². The number of nitrogens with one attached hydrogen (secondary N) is 1. The van der Waals surface area contributed by atoms with Crippen LogP contribution in [-0.2, 0) is 22.6 Å². The van der Waals surface area contributed by atoms with Gasteiger partial charge in [0.05, 0.1) is 5.69 Å². The van der Waals surface area contributed by atoms with E-state index in [9.17, 15) is 14.4 Å². The number of anilines is 1. The second-order valence-corrected chi connectivity index (χ2v) is 8.63. The molecule has 1 aliphatic rings. The van der Waals surface area contributed by atoms with Crippen molar-refractivity contribution in [3.8, 4) is 0 Å². The van der Waals surface area contributed by atoms with Crippen molar-refractivity contribution >= 4 is 40.5 Å². The second kappa shape index (κ2) is 9.06. The van der Waals surface area contributed by atoms with Crippen molar-refractivity contribution in [3.63, 3.8) is 0 Å². The first-order valence-electron chi connectivity index (χ1n) is 11.6. The largest absolute Gasteiger partial charge is 0.342 e. The van der Waals surface area contributed by atoms with Crippen LogP contribution < -0.4 is 10.2 Å². The highest BCUT2D eigenvalue weighted by molar-refractivity contribution is 6.39. The molecule has 6 nitrogen and oxygen atoms in total. The number of carbonyl (C=O) groups is 3. The van der Waals surface area contributed by atoms with E-state index in [0.29, 0.717) is 12.2 Å². The van der Waals surface area contributed by atoms with E-state index in [-0.39, 0.29) is 5.57 Å². The monoisotopic (exact) mass is 463 g/mol. The van der Waals surface area contributed by atoms with Gasteiger partial charge in [-0.05, 0) is 54.3 Å². The lowest BCUT2D eigenvalue weighted by molar-refractivity contribution is -0.122. The molecule has 4 amide bonds. The summed E-state index contributed by atoms with van der Waals surface area (Å²) in [5, 5.41) is 3.23. The average Bonchev–Trinajstić information content (AvgIpc) is 3.20. The Labute approximate surface area is 203 Å². The van der Waals surface area contributed by atoms with Gasteiger partial charge in [0, 0.05) is 29.2 Å². The summed E-state index contributed by atoms with van der Waals surface area (Å²) in [5.74, 6) is -1.34. The summed E-state index contributed by atoms with van der Waals surface area (Å²) >= 11 is 0. The number of barbiturate groups is 1. The first-order chi connectivity index (χ1) is 17.0. The standard InChI is InChI=1S/C29H25N3O3/c1-3-20-12-14-23(15-13-20)32-28(34)25(27(33)30-29(32)35)16-22-18-31(26-11-7-6-10-24(22)26)17-21-9-5-4-8-19(21)2/h4-16,18H,3,17H2,1-2H3,(H,30,33,35)/b25-16-. The Bertz CT molecular complexity index is 1500. The summed E-state index contributed by atoms with van der Waals surface area (Å²) < 4.78 is 2.11. The highest BCUT2D eigenvalue weighted by Crippen LogP contribution is 2.27. The van der Waals surface area contributed by atoms with Crippen LogP contribution >= 0.6 is 0 Å². The van der Waals surface area contributed by atoms with Crippen molar-refractivity contribution in [1.82, 2.24) is 9.88 Å². The number of urea groups is 1. The van der Waals surface area contributed by atoms with Gasteiger partial charge in [0.15, 0.2) is 0 Å². The SMILES string of the molecule is CCc1ccc(N2C(=O)NC(=O)/C(=C/c3cn(Cc4ccccc4C)c4ccccc34)C2=O)cc1. The van der Waals surface area contributed by atoms with Gasteiger partial charge in [-0.25, -0.2) is 9.69 Å². The Hall–Kier alpha value is -4.45. The van der Waals surface area contributed by atoms with E-state index in [2.05, 4.69) is 28.9 Å². The van der Waals surface area contributed by atoms with Gasteiger partial charge in [0.1, 0.15) is 5.57 Å². The number of aromatic nitrogens is 1. The molecule has 1 saturated heterocycles. The van der Waals surface area contributed by atoms with Gasteiger partial charge in [-0.2, -0.15) is 0 Å². The maximum atomic E-state index is 13.4. The Morgan fingerprint density at radius 2 is 1.60 bits per heavy atom. The number of benzene rings is 3. The van der Waals surface area contributed by atoms with E-state index in [1.807, 2.05) is 61.7 Å². The number of carbonyl (C=O) groups excluding carboxylic acids is 3. The van der Waals surface area contributed by atoms with E-state index in [0.717, 1.165) is 33.4 Å². The molecule has 6 heteroatoms. The topological polar surface area (TPSA) is 71.4 Å². The van der Waals surface area contributed by atoms with E-state index in [1.54, 1.807) is 18.2 Å². The molecule has 1 N–H and O–H groups in total. The molecule has 0 radical (unpaired) electrons. The zero-order valence-electron chi connectivity index (χ0n) is 19.6. The molecule has 35 heavy (non-hydrogen) atoms. The Kier molecular flexibility index (Phi) is 5.79. The van der Waals surface area contributed by atoms with Crippen molar-refractivity contribution in [2.75, 3.05) is 4.90 Å². The molecular weight excluding hydrogens is 438 g/mol. The minimum Gasteiger partial charge on any atom is -0.342 e. The summed E-state index contributed by atoms with van der Waals surface area (Å²) in [6, 6.07) is 22.5. The molecule has 2 heterocycles. The van der Waals surface area contributed by atoms with Gasteiger partial charge < -0.3 is 4.57 Å². The molecule has 1 fully saturated rings. The fourth-order valence-corrected chi connectivity index (χ4v) is 4.42. The molecule has 3 aromatic carbocycles. The first kappa shape index (κ1) is 22.3. The number of amides is 4. The first-order valence-corrected chi connectivity index (χ1v) is 11.6. The van der Waals surface area contributed by atoms with Gasteiger partial charge >= 0.3 is 6.03 Å².